The summed E-state index contributed by atoms with van der Waals surface area (Å²) in [6.45, 7) is 8.28. The molecule has 1 aromatic heterocycles. The van der Waals surface area contributed by atoms with E-state index in [1.807, 2.05) is 0 Å². The zero-order valence-electron chi connectivity index (χ0n) is 29.0. The quantitative estimate of drug-likeness (QED) is 0.0699. The number of nitrogens with one attached hydrogen (secondary N) is 1. The van der Waals surface area contributed by atoms with Gasteiger partial charge in [-0.3, -0.25) is 0 Å². The highest BCUT2D eigenvalue weighted by molar-refractivity contribution is 5.32. The van der Waals surface area contributed by atoms with Crippen molar-refractivity contribution in [3.05, 3.63) is 90.0 Å². The summed E-state index contributed by atoms with van der Waals surface area (Å²) in [5.74, 6) is 1.87. The first-order valence-corrected chi connectivity index (χ1v) is 18.8. The van der Waals surface area contributed by atoms with Crippen LogP contribution in [-0.4, -0.2) is 4.98 Å². The fourth-order valence-electron chi connectivity index (χ4n) is 7.32. The van der Waals surface area contributed by atoms with Gasteiger partial charge in [-0.2, -0.15) is 0 Å². The van der Waals surface area contributed by atoms with Crippen molar-refractivity contribution in [2.75, 3.05) is 0 Å². The highest BCUT2D eigenvalue weighted by atomic mass is 15.1. The lowest BCUT2D eigenvalue weighted by Gasteiger charge is -2.37. The van der Waals surface area contributed by atoms with Crippen LogP contribution in [-0.2, 0) is 18.4 Å². The first kappa shape index (κ1) is 36.1. The molecule has 0 saturated carbocycles. The Bertz CT molecular complexity index is 1070. The van der Waals surface area contributed by atoms with Crippen LogP contribution in [0.4, 0.5) is 0 Å². The first-order valence-electron chi connectivity index (χ1n) is 18.8. The smallest absolute Gasteiger partial charge is 0.247 e. The molecule has 0 amide bonds. The summed E-state index contributed by atoms with van der Waals surface area (Å²) >= 11 is 0. The average Bonchev–Trinajstić information content (AvgIpc) is 3.51. The number of aryl methyl sites for hydroxylation is 1. The van der Waals surface area contributed by atoms with E-state index in [1.165, 1.54) is 145 Å². The minimum absolute atomic E-state index is 0.00709. The van der Waals surface area contributed by atoms with Crippen molar-refractivity contribution < 1.29 is 4.57 Å². The molecule has 2 nitrogen and oxygen atoms in total. The summed E-state index contributed by atoms with van der Waals surface area (Å²) < 4.78 is 2.58. The lowest BCUT2D eigenvalue weighted by Crippen LogP contribution is -2.43. The Morgan fingerprint density at radius 3 is 1.61 bits per heavy atom. The molecule has 2 aromatic carbocycles. The molecule has 0 fully saturated rings. The standard InChI is InChI=1S/C42H66N2/c1-4-6-8-10-12-14-16-18-20-28-35-44-36-34-43-41(44)40(33-27-19-17-15-13-11-9-7-5-2)42(3,39-31-25-22-26-32-39)37-38-29-23-21-24-30-38/h21-26,29-32,34,36,40H,4-20,27-28,33,35,37H2,1-3H3/p+1. The summed E-state index contributed by atoms with van der Waals surface area (Å²) in [6.07, 6.45) is 33.1. The van der Waals surface area contributed by atoms with Gasteiger partial charge in [0, 0.05) is 5.41 Å². The molecule has 3 rings (SSSR count). The van der Waals surface area contributed by atoms with E-state index in [2.05, 4.69) is 103 Å². The van der Waals surface area contributed by atoms with Crippen LogP contribution in [0.1, 0.15) is 172 Å². The summed E-state index contributed by atoms with van der Waals surface area (Å²) in [5.41, 5.74) is 2.90. The number of unbranched alkanes of at least 4 members (excludes halogenated alkanes) is 17. The van der Waals surface area contributed by atoms with Gasteiger partial charge in [-0.05, 0) is 36.8 Å². The Hall–Kier alpha value is -2.35. The van der Waals surface area contributed by atoms with Gasteiger partial charge < -0.3 is 0 Å². The van der Waals surface area contributed by atoms with Crippen molar-refractivity contribution in [2.45, 2.75) is 173 Å². The molecular weight excluding hydrogens is 532 g/mol. The summed E-state index contributed by atoms with van der Waals surface area (Å²) in [5, 5.41) is 0. The Labute approximate surface area is 272 Å². The molecular formula is C42H67N2+. The lowest BCUT2D eigenvalue weighted by atomic mass is 9.66. The number of nitrogens with zero attached hydrogens (tertiary/aromatic N) is 1. The number of aromatic amines is 1. The van der Waals surface area contributed by atoms with Crippen LogP contribution in [0.3, 0.4) is 0 Å². The summed E-state index contributed by atoms with van der Waals surface area (Å²) in [4.78, 5) is 3.80. The van der Waals surface area contributed by atoms with Crippen molar-refractivity contribution in [3.8, 4) is 0 Å². The molecule has 1 heterocycles. The molecule has 0 saturated heterocycles. The number of aromatic nitrogens is 2. The number of hydrogen-bond donors (Lipinski definition) is 1. The molecule has 0 aliphatic heterocycles. The van der Waals surface area contributed by atoms with Crippen LogP contribution < -0.4 is 4.57 Å². The van der Waals surface area contributed by atoms with Crippen LogP contribution in [0.25, 0.3) is 0 Å². The minimum atomic E-state index is 0.00709. The van der Waals surface area contributed by atoms with Gasteiger partial charge in [0.2, 0.25) is 0 Å². The fraction of sp³-hybridized carbons (Fsp3) is 0.643. The largest absolute Gasteiger partial charge is 0.258 e. The zero-order valence-corrected chi connectivity index (χ0v) is 29.0. The number of rotatable bonds is 26. The molecule has 0 radical (unpaired) electrons. The Morgan fingerprint density at radius 2 is 1.07 bits per heavy atom. The van der Waals surface area contributed by atoms with Gasteiger partial charge in [0.25, 0.3) is 5.82 Å². The highest BCUT2D eigenvalue weighted by Crippen LogP contribution is 2.43. The maximum Gasteiger partial charge on any atom is 0.258 e. The second-order valence-electron chi connectivity index (χ2n) is 13.8. The van der Waals surface area contributed by atoms with E-state index in [1.54, 1.807) is 0 Å². The van der Waals surface area contributed by atoms with Crippen LogP contribution >= 0.6 is 0 Å². The second kappa shape index (κ2) is 22.2. The van der Waals surface area contributed by atoms with E-state index in [-0.39, 0.29) is 5.41 Å². The van der Waals surface area contributed by atoms with Gasteiger partial charge in [-0.15, -0.1) is 0 Å². The Kier molecular flexibility index (Phi) is 18.2. The maximum atomic E-state index is 3.80. The van der Waals surface area contributed by atoms with Crippen molar-refractivity contribution in [1.82, 2.24) is 4.98 Å². The predicted molar refractivity (Wildman–Crippen MR) is 191 cm³/mol. The van der Waals surface area contributed by atoms with E-state index in [4.69, 9.17) is 0 Å². The molecule has 3 aromatic rings. The van der Waals surface area contributed by atoms with Gasteiger partial charge in [0.1, 0.15) is 12.4 Å². The van der Waals surface area contributed by atoms with E-state index in [0.717, 1.165) is 13.0 Å². The van der Waals surface area contributed by atoms with Crippen molar-refractivity contribution in [2.24, 2.45) is 0 Å². The van der Waals surface area contributed by atoms with E-state index < -0.39 is 0 Å². The third-order valence-electron chi connectivity index (χ3n) is 10.1. The lowest BCUT2D eigenvalue weighted by molar-refractivity contribution is -0.705. The molecule has 0 bridgehead atoms. The maximum absolute atomic E-state index is 3.80. The van der Waals surface area contributed by atoms with Crippen LogP contribution in [0, 0.1) is 0 Å². The van der Waals surface area contributed by atoms with Gasteiger partial charge >= 0.3 is 0 Å². The summed E-state index contributed by atoms with van der Waals surface area (Å²) in [6, 6.07) is 22.6. The Morgan fingerprint density at radius 1 is 0.591 bits per heavy atom. The third kappa shape index (κ3) is 12.9. The van der Waals surface area contributed by atoms with E-state index in [0.29, 0.717) is 5.92 Å². The van der Waals surface area contributed by atoms with E-state index in [9.17, 15) is 0 Å². The van der Waals surface area contributed by atoms with Crippen LogP contribution in [0.2, 0.25) is 0 Å². The molecule has 2 atom stereocenters. The predicted octanol–water partition coefficient (Wildman–Crippen LogP) is 12.4. The van der Waals surface area contributed by atoms with Crippen molar-refractivity contribution in [3.63, 3.8) is 0 Å². The van der Waals surface area contributed by atoms with Crippen LogP contribution in [0.5, 0.6) is 0 Å². The number of hydrogen-bond acceptors (Lipinski definition) is 0. The third-order valence-corrected chi connectivity index (χ3v) is 10.1. The molecule has 0 aliphatic carbocycles. The average molecular weight is 600 g/mol. The number of H-pyrrole nitrogens is 1. The van der Waals surface area contributed by atoms with Gasteiger partial charge in [-0.1, -0.05) is 191 Å². The zero-order chi connectivity index (χ0) is 31.1. The Balaban J connectivity index is 1.68. The molecule has 0 aliphatic rings. The first-order chi connectivity index (χ1) is 21.7. The molecule has 2 heteroatoms. The number of benzene rings is 2. The SMILES string of the molecule is CCCCCCCCCCCC[n+]1cc[nH]c1C(CCCCCCCCCCC)C(C)(Cc1ccccc1)c1ccccc1. The monoisotopic (exact) mass is 600 g/mol. The van der Waals surface area contributed by atoms with E-state index >= 15 is 0 Å². The van der Waals surface area contributed by atoms with Gasteiger partial charge in [0.05, 0.1) is 12.5 Å². The topological polar surface area (TPSA) is 19.7 Å². The normalized spacial score (nSPS) is 13.6. The van der Waals surface area contributed by atoms with Crippen molar-refractivity contribution >= 4 is 0 Å². The highest BCUT2D eigenvalue weighted by Gasteiger charge is 2.41. The molecule has 2 unspecified atom stereocenters. The van der Waals surface area contributed by atoms with Gasteiger partial charge in [0.15, 0.2) is 0 Å². The van der Waals surface area contributed by atoms with Gasteiger partial charge in [-0.25, -0.2) is 9.55 Å². The molecule has 0 spiro atoms. The number of imidazole rings is 1. The fourth-order valence-corrected chi connectivity index (χ4v) is 7.32. The van der Waals surface area contributed by atoms with Crippen molar-refractivity contribution in [1.29, 1.82) is 0 Å². The molecule has 44 heavy (non-hydrogen) atoms. The summed E-state index contributed by atoms with van der Waals surface area (Å²) in [7, 11) is 0. The minimum Gasteiger partial charge on any atom is -0.247 e. The second-order valence-corrected chi connectivity index (χ2v) is 13.8. The van der Waals surface area contributed by atoms with Crippen LogP contribution in [0.15, 0.2) is 73.1 Å². The molecule has 244 valence electrons. The molecule has 1 N–H and O–H groups in total.